The van der Waals surface area contributed by atoms with Gasteiger partial charge in [0.05, 0.1) is 17.8 Å². The van der Waals surface area contributed by atoms with Gasteiger partial charge in [0.2, 0.25) is 5.52 Å². The molecule has 6 heteroatoms. The fourth-order valence-electron chi connectivity index (χ4n) is 1.97. The number of anilines is 1. The normalized spacial score (nSPS) is 12.7. The zero-order valence-electron chi connectivity index (χ0n) is 12.6. The molecule has 0 bridgehead atoms. The van der Waals surface area contributed by atoms with E-state index in [1.807, 2.05) is 0 Å². The van der Waals surface area contributed by atoms with Gasteiger partial charge in [0, 0.05) is 11.3 Å². The molecular formula is C17H16FN2O2P. The maximum atomic E-state index is 13.5. The molecule has 0 saturated carbocycles. The molecule has 118 valence electrons. The highest BCUT2D eigenvalue weighted by Gasteiger charge is 2.22. The van der Waals surface area contributed by atoms with Gasteiger partial charge in [-0.15, -0.1) is 0 Å². The highest BCUT2D eigenvalue weighted by molar-refractivity contribution is 7.72. The van der Waals surface area contributed by atoms with E-state index in [1.165, 1.54) is 12.7 Å². The first-order chi connectivity index (χ1) is 11.0. The number of carbonyl (C=O) groups excluding carboxylic acids is 2. The Morgan fingerprint density at radius 3 is 2.43 bits per heavy atom. The molecule has 2 N–H and O–H groups in total. The van der Waals surface area contributed by atoms with Crippen LogP contribution in [0.4, 0.5) is 15.6 Å². The Bertz CT molecular complexity index is 745. The van der Waals surface area contributed by atoms with E-state index >= 15 is 0 Å². The van der Waals surface area contributed by atoms with Gasteiger partial charge in [0.15, 0.2) is 14.0 Å². The Morgan fingerprint density at radius 2 is 1.83 bits per heavy atom. The van der Waals surface area contributed by atoms with Gasteiger partial charge in [-0.2, -0.15) is 0 Å². The molecule has 0 aromatic heterocycles. The molecule has 4 nitrogen and oxygen atoms in total. The zero-order chi connectivity index (χ0) is 16.8. The summed E-state index contributed by atoms with van der Waals surface area (Å²) in [6.45, 7) is 1.20. The molecular weight excluding hydrogens is 314 g/mol. The van der Waals surface area contributed by atoms with Crippen LogP contribution in [0.2, 0.25) is 0 Å². The van der Waals surface area contributed by atoms with Crippen molar-refractivity contribution < 1.29 is 13.8 Å². The van der Waals surface area contributed by atoms with E-state index in [0.717, 1.165) is 0 Å². The van der Waals surface area contributed by atoms with Gasteiger partial charge in [0.1, 0.15) is 0 Å². The van der Waals surface area contributed by atoms with Crippen molar-refractivity contribution in [1.82, 2.24) is 0 Å². The lowest BCUT2D eigenvalue weighted by Gasteiger charge is -2.07. The largest absolute Gasteiger partial charge is 0.399 e. The number of aliphatic imine (C=N–C) groups is 1. The Morgan fingerprint density at radius 1 is 1.13 bits per heavy atom. The second-order valence-electron chi connectivity index (χ2n) is 4.90. The van der Waals surface area contributed by atoms with E-state index in [1.54, 1.807) is 48.5 Å². The lowest BCUT2D eigenvalue weighted by Crippen LogP contribution is -2.16. The highest BCUT2D eigenvalue weighted by Crippen LogP contribution is 2.34. The lowest BCUT2D eigenvalue weighted by atomic mass is 10.1. The number of rotatable bonds is 6. The predicted octanol–water partition coefficient (Wildman–Crippen LogP) is 4.14. The average Bonchev–Trinajstić information content (AvgIpc) is 2.54. The molecule has 0 amide bonds. The Kier molecular flexibility index (Phi) is 5.72. The first kappa shape index (κ1) is 17.0. The molecule has 2 aromatic rings. The maximum Gasteiger partial charge on any atom is 0.231 e. The van der Waals surface area contributed by atoms with Crippen molar-refractivity contribution in [3.8, 4) is 0 Å². The first-order valence-corrected chi connectivity index (χ1v) is 8.60. The third-order valence-corrected chi connectivity index (χ3v) is 3.90. The molecule has 0 aliphatic carbocycles. The number of hydrogen-bond donors (Lipinski definition) is 1. The van der Waals surface area contributed by atoms with Crippen molar-refractivity contribution in [2.24, 2.45) is 4.99 Å². The van der Waals surface area contributed by atoms with Crippen LogP contribution in [0.25, 0.3) is 0 Å². The van der Waals surface area contributed by atoms with Crippen LogP contribution in [0.15, 0.2) is 59.6 Å². The fraction of sp³-hybridized carbons (Fsp3) is 0.118. The third-order valence-electron chi connectivity index (χ3n) is 3.08. The van der Waals surface area contributed by atoms with Crippen LogP contribution in [-0.4, -0.2) is 23.7 Å². The van der Waals surface area contributed by atoms with Crippen LogP contribution in [0.1, 0.15) is 16.8 Å². The topological polar surface area (TPSA) is 72.5 Å². The van der Waals surface area contributed by atoms with Gasteiger partial charge in [-0.05, 0) is 30.9 Å². The third kappa shape index (κ3) is 4.80. The minimum Gasteiger partial charge on any atom is -0.399 e. The number of hydrogen-bond acceptors (Lipinski definition) is 4. The maximum absolute atomic E-state index is 13.5. The van der Waals surface area contributed by atoms with Gasteiger partial charge in [0.25, 0.3) is 0 Å². The molecule has 0 aliphatic heterocycles. The summed E-state index contributed by atoms with van der Waals surface area (Å²) in [6, 6.07) is 15.1. The van der Waals surface area contributed by atoms with Crippen molar-refractivity contribution in [1.29, 1.82) is 0 Å². The quantitative estimate of drug-likeness (QED) is 0.374. The molecule has 0 saturated heterocycles. The number of benzene rings is 2. The van der Waals surface area contributed by atoms with Crippen molar-refractivity contribution in [2.75, 3.05) is 12.4 Å². The van der Waals surface area contributed by atoms with Crippen LogP contribution < -0.4 is 5.73 Å². The minimum atomic E-state index is -2.35. The summed E-state index contributed by atoms with van der Waals surface area (Å²) in [6.07, 6.45) is -0.256. The number of carbonyl (C=O) groups is 2. The monoisotopic (exact) mass is 330 g/mol. The van der Waals surface area contributed by atoms with Gasteiger partial charge in [-0.3, -0.25) is 9.59 Å². The van der Waals surface area contributed by atoms with Crippen LogP contribution in [0.5, 0.6) is 0 Å². The van der Waals surface area contributed by atoms with Crippen molar-refractivity contribution in [2.45, 2.75) is 6.42 Å². The van der Waals surface area contributed by atoms with Gasteiger partial charge < -0.3 is 5.73 Å². The van der Waals surface area contributed by atoms with Crippen molar-refractivity contribution in [3.63, 3.8) is 0 Å². The molecule has 0 fully saturated rings. The van der Waals surface area contributed by atoms with Crippen molar-refractivity contribution >= 4 is 36.6 Å². The van der Waals surface area contributed by atoms with E-state index in [0.29, 0.717) is 16.9 Å². The van der Waals surface area contributed by atoms with Crippen LogP contribution in [-0.2, 0) is 4.79 Å². The SMILES string of the molecule is CP(F)C(=O)C(CC(=O)c1cccc(N)c1)=Nc1ccccc1. The summed E-state index contributed by atoms with van der Waals surface area (Å²) in [5.74, 6) is -0.322. The number of nitrogens with two attached hydrogens (primary N) is 1. The second-order valence-corrected chi connectivity index (χ2v) is 6.26. The fourth-order valence-corrected chi connectivity index (χ4v) is 2.45. The number of ketones is 1. The van der Waals surface area contributed by atoms with E-state index in [2.05, 4.69) is 4.99 Å². The van der Waals surface area contributed by atoms with Gasteiger partial charge in [-0.25, -0.2) is 9.19 Å². The zero-order valence-corrected chi connectivity index (χ0v) is 13.5. The summed E-state index contributed by atoms with van der Waals surface area (Å²) in [5, 5.41) is 0. The minimum absolute atomic E-state index is 0.0697. The molecule has 0 heterocycles. The Labute approximate surface area is 135 Å². The number of para-hydroxylation sites is 1. The summed E-state index contributed by atoms with van der Waals surface area (Å²) in [4.78, 5) is 28.5. The molecule has 1 unspecified atom stereocenters. The molecule has 23 heavy (non-hydrogen) atoms. The number of nitrogen functional groups attached to an aromatic ring is 1. The van der Waals surface area contributed by atoms with Crippen LogP contribution in [0, 0.1) is 0 Å². The first-order valence-electron chi connectivity index (χ1n) is 6.92. The summed E-state index contributed by atoms with van der Waals surface area (Å²) in [7, 11) is -2.35. The number of nitrogens with zero attached hydrogens (tertiary/aromatic N) is 1. The van der Waals surface area contributed by atoms with E-state index in [4.69, 9.17) is 5.73 Å². The molecule has 1 atom stereocenters. The molecule has 0 aliphatic rings. The van der Waals surface area contributed by atoms with E-state index in [-0.39, 0.29) is 17.9 Å². The predicted molar refractivity (Wildman–Crippen MR) is 92.3 cm³/mol. The highest BCUT2D eigenvalue weighted by atomic mass is 31.2. The molecule has 0 radical (unpaired) electrons. The summed E-state index contributed by atoms with van der Waals surface area (Å²) in [5.41, 5.74) is 6.19. The van der Waals surface area contributed by atoms with Crippen molar-refractivity contribution in [3.05, 3.63) is 60.2 Å². The van der Waals surface area contributed by atoms with E-state index < -0.39 is 13.8 Å². The van der Waals surface area contributed by atoms with Gasteiger partial charge >= 0.3 is 0 Å². The second kappa shape index (κ2) is 7.75. The number of halogens is 1. The van der Waals surface area contributed by atoms with E-state index in [9.17, 15) is 13.8 Å². The van der Waals surface area contributed by atoms with Crippen LogP contribution in [0.3, 0.4) is 0 Å². The Balaban J connectivity index is 2.30. The summed E-state index contributed by atoms with van der Waals surface area (Å²) >= 11 is 0. The average molecular weight is 330 g/mol. The standard InChI is InChI=1S/C17H16FN2O2P/c1-23(18)17(22)15(20-14-8-3-2-4-9-14)11-16(21)12-6-5-7-13(19)10-12/h2-10H,11,19H2,1H3. The number of Topliss-reactive ketones (excluding diaryl/α,β-unsaturated/α-hetero) is 1. The molecule has 0 spiro atoms. The van der Waals surface area contributed by atoms with Crippen LogP contribution >= 0.6 is 8.23 Å². The molecule has 2 rings (SSSR count). The summed E-state index contributed by atoms with van der Waals surface area (Å²) < 4.78 is 13.5. The molecule has 2 aromatic carbocycles. The Hall–Kier alpha value is -2.39. The van der Waals surface area contributed by atoms with Gasteiger partial charge in [-0.1, -0.05) is 30.3 Å². The lowest BCUT2D eigenvalue weighted by molar-refractivity contribution is -0.106. The smallest absolute Gasteiger partial charge is 0.231 e.